The summed E-state index contributed by atoms with van der Waals surface area (Å²) in [6, 6.07) is 3.40. The van der Waals surface area contributed by atoms with Crippen LogP contribution in [0.1, 0.15) is 23.8 Å². The Balaban J connectivity index is 2.14. The molecule has 2 rings (SSSR count). The fourth-order valence-corrected chi connectivity index (χ4v) is 2.35. The van der Waals surface area contributed by atoms with Gasteiger partial charge in [0.05, 0.1) is 0 Å². The second kappa shape index (κ2) is 5.63. The van der Waals surface area contributed by atoms with E-state index < -0.39 is 0 Å². The maximum atomic E-state index is 12.3. The molecule has 1 unspecified atom stereocenters. The van der Waals surface area contributed by atoms with Crippen LogP contribution in [0, 0.1) is 0 Å². The van der Waals surface area contributed by atoms with Gasteiger partial charge in [-0.25, -0.2) is 0 Å². The Morgan fingerprint density at radius 1 is 1.39 bits per heavy atom. The highest BCUT2D eigenvalue weighted by Crippen LogP contribution is 2.12. The summed E-state index contributed by atoms with van der Waals surface area (Å²) in [5, 5.41) is 7.87. The Morgan fingerprint density at radius 2 is 2.17 bits per heavy atom. The van der Waals surface area contributed by atoms with Gasteiger partial charge in [-0.2, -0.15) is 0 Å². The molecule has 1 saturated heterocycles. The van der Waals surface area contributed by atoms with E-state index >= 15 is 0 Å². The zero-order chi connectivity index (χ0) is 13.1. The first-order valence-corrected chi connectivity index (χ1v) is 6.44. The minimum Gasteiger partial charge on any atom is -0.333 e. The number of nitrogens with zero attached hydrogens (tertiary/aromatic N) is 4. The van der Waals surface area contributed by atoms with E-state index in [1.807, 2.05) is 4.90 Å². The molecule has 1 aliphatic heterocycles. The van der Waals surface area contributed by atoms with Crippen molar-refractivity contribution in [3.05, 3.63) is 23.0 Å². The van der Waals surface area contributed by atoms with Crippen molar-refractivity contribution in [1.82, 2.24) is 20.0 Å². The Hall–Kier alpha value is -1.20. The van der Waals surface area contributed by atoms with Gasteiger partial charge in [0.15, 0.2) is 10.8 Å². The number of rotatable bonds is 1. The Kier molecular flexibility index (Phi) is 4.14. The Labute approximate surface area is 112 Å². The van der Waals surface area contributed by atoms with Gasteiger partial charge in [0.2, 0.25) is 0 Å². The van der Waals surface area contributed by atoms with E-state index in [9.17, 15) is 4.79 Å². The topological polar surface area (TPSA) is 49.3 Å². The van der Waals surface area contributed by atoms with Crippen LogP contribution >= 0.6 is 11.6 Å². The number of aromatic nitrogens is 2. The molecule has 0 aliphatic carbocycles. The first-order valence-electron chi connectivity index (χ1n) is 6.06. The summed E-state index contributed by atoms with van der Waals surface area (Å²) in [7, 11) is 2.08. The van der Waals surface area contributed by atoms with E-state index in [1.54, 1.807) is 12.1 Å². The second-order valence-electron chi connectivity index (χ2n) is 4.70. The first-order chi connectivity index (χ1) is 8.58. The monoisotopic (exact) mass is 268 g/mol. The molecule has 98 valence electrons. The molecule has 6 heteroatoms. The van der Waals surface area contributed by atoms with Crippen molar-refractivity contribution in [2.24, 2.45) is 0 Å². The first kappa shape index (κ1) is 13.2. The van der Waals surface area contributed by atoms with Gasteiger partial charge in [0.25, 0.3) is 5.91 Å². The number of amides is 1. The second-order valence-corrected chi connectivity index (χ2v) is 5.09. The largest absolute Gasteiger partial charge is 0.333 e. The molecule has 0 radical (unpaired) electrons. The molecule has 1 amide bonds. The Morgan fingerprint density at radius 3 is 2.83 bits per heavy atom. The van der Waals surface area contributed by atoms with Crippen molar-refractivity contribution < 1.29 is 4.79 Å². The number of carbonyl (C=O) groups is 1. The van der Waals surface area contributed by atoms with E-state index in [4.69, 9.17) is 11.6 Å². The van der Waals surface area contributed by atoms with Gasteiger partial charge in [0.1, 0.15) is 0 Å². The van der Waals surface area contributed by atoms with Crippen LogP contribution in [0.4, 0.5) is 0 Å². The van der Waals surface area contributed by atoms with Crippen LogP contribution in [0.25, 0.3) is 0 Å². The molecule has 1 fully saturated rings. The molecule has 0 saturated carbocycles. The lowest BCUT2D eigenvalue weighted by Crippen LogP contribution is -2.42. The van der Waals surface area contributed by atoms with E-state index in [1.165, 1.54) is 0 Å². The molecule has 1 atom stereocenters. The molecule has 1 aliphatic rings. The van der Waals surface area contributed by atoms with Crippen LogP contribution in [0.15, 0.2) is 12.1 Å². The number of hydrogen-bond donors (Lipinski definition) is 0. The minimum absolute atomic E-state index is 0.0676. The summed E-state index contributed by atoms with van der Waals surface area (Å²) in [5.41, 5.74) is 0.357. The third kappa shape index (κ3) is 2.97. The molecular formula is C12H17ClN4O. The normalized spacial score (nSPS) is 21.7. The van der Waals surface area contributed by atoms with Crippen molar-refractivity contribution in [3.63, 3.8) is 0 Å². The van der Waals surface area contributed by atoms with Crippen molar-refractivity contribution in [2.45, 2.75) is 19.4 Å². The molecular weight excluding hydrogens is 252 g/mol. The zero-order valence-corrected chi connectivity index (χ0v) is 11.4. The predicted octanol–water partition coefficient (Wildman–Crippen LogP) is 1.30. The molecule has 0 aromatic carbocycles. The zero-order valence-electron chi connectivity index (χ0n) is 10.6. The van der Waals surface area contributed by atoms with Crippen molar-refractivity contribution >= 4 is 17.5 Å². The van der Waals surface area contributed by atoms with E-state index in [0.29, 0.717) is 10.8 Å². The van der Waals surface area contributed by atoms with Crippen LogP contribution < -0.4 is 0 Å². The molecule has 0 spiro atoms. The van der Waals surface area contributed by atoms with Gasteiger partial charge in [-0.3, -0.25) is 4.79 Å². The van der Waals surface area contributed by atoms with Gasteiger partial charge >= 0.3 is 0 Å². The summed E-state index contributed by atoms with van der Waals surface area (Å²) >= 11 is 5.67. The van der Waals surface area contributed by atoms with Gasteiger partial charge < -0.3 is 9.80 Å². The van der Waals surface area contributed by atoms with Gasteiger partial charge in [-0.1, -0.05) is 11.6 Å². The maximum absolute atomic E-state index is 12.3. The van der Waals surface area contributed by atoms with E-state index in [-0.39, 0.29) is 11.9 Å². The molecule has 0 N–H and O–H groups in total. The maximum Gasteiger partial charge on any atom is 0.274 e. The highest BCUT2D eigenvalue weighted by atomic mass is 35.5. The standard InChI is InChI=1S/C12H17ClN4O/c1-9-8-16(2)6-3-7-17(9)12(18)10-4-5-11(13)15-14-10/h4-5,9H,3,6-8H2,1-2H3. The van der Waals surface area contributed by atoms with Crippen molar-refractivity contribution in [3.8, 4) is 0 Å². The van der Waals surface area contributed by atoms with Gasteiger partial charge in [-0.15, -0.1) is 10.2 Å². The number of hydrogen-bond acceptors (Lipinski definition) is 4. The molecule has 2 heterocycles. The lowest BCUT2D eigenvalue weighted by Gasteiger charge is -2.27. The lowest BCUT2D eigenvalue weighted by molar-refractivity contribution is 0.0689. The van der Waals surface area contributed by atoms with Crippen LogP contribution in [-0.2, 0) is 0 Å². The molecule has 1 aromatic rings. The Bertz CT molecular complexity index is 423. The van der Waals surface area contributed by atoms with Crippen molar-refractivity contribution in [2.75, 3.05) is 26.7 Å². The highest BCUT2D eigenvalue weighted by molar-refractivity contribution is 6.29. The van der Waals surface area contributed by atoms with Crippen LogP contribution in [0.3, 0.4) is 0 Å². The summed E-state index contributed by atoms with van der Waals surface area (Å²) < 4.78 is 0. The molecule has 1 aromatic heterocycles. The summed E-state index contributed by atoms with van der Waals surface area (Å²) in [5.74, 6) is -0.0676. The fourth-order valence-electron chi connectivity index (χ4n) is 2.25. The van der Waals surface area contributed by atoms with E-state index in [2.05, 4.69) is 29.1 Å². The number of carbonyl (C=O) groups excluding carboxylic acids is 1. The summed E-state index contributed by atoms with van der Waals surface area (Å²) in [6.45, 7) is 4.71. The van der Waals surface area contributed by atoms with Crippen LogP contribution in [0.2, 0.25) is 5.15 Å². The summed E-state index contributed by atoms with van der Waals surface area (Å²) in [4.78, 5) is 16.4. The quantitative estimate of drug-likeness (QED) is 0.770. The molecule has 5 nitrogen and oxygen atoms in total. The van der Waals surface area contributed by atoms with E-state index in [0.717, 1.165) is 26.1 Å². The average molecular weight is 269 g/mol. The van der Waals surface area contributed by atoms with Crippen LogP contribution in [-0.4, -0.2) is 58.6 Å². The fraction of sp³-hybridized carbons (Fsp3) is 0.583. The SMILES string of the molecule is CC1CN(C)CCCN1C(=O)c1ccc(Cl)nn1. The minimum atomic E-state index is -0.0676. The van der Waals surface area contributed by atoms with Crippen molar-refractivity contribution in [1.29, 1.82) is 0 Å². The third-order valence-electron chi connectivity index (χ3n) is 3.16. The van der Waals surface area contributed by atoms with Gasteiger partial charge in [0, 0.05) is 19.1 Å². The highest BCUT2D eigenvalue weighted by Gasteiger charge is 2.25. The molecule has 18 heavy (non-hydrogen) atoms. The smallest absolute Gasteiger partial charge is 0.274 e. The average Bonchev–Trinajstić information content (AvgIpc) is 2.50. The summed E-state index contributed by atoms with van der Waals surface area (Å²) in [6.07, 6.45) is 0.980. The lowest BCUT2D eigenvalue weighted by atomic mass is 10.2. The third-order valence-corrected chi connectivity index (χ3v) is 3.36. The van der Waals surface area contributed by atoms with Gasteiger partial charge in [-0.05, 0) is 39.1 Å². The number of likely N-dealkylation sites (N-methyl/N-ethyl adjacent to an activating group) is 1. The van der Waals surface area contributed by atoms with Crippen LogP contribution in [0.5, 0.6) is 0 Å². The predicted molar refractivity (Wildman–Crippen MR) is 69.7 cm³/mol. The molecule has 0 bridgehead atoms. The number of halogens is 1.